The summed E-state index contributed by atoms with van der Waals surface area (Å²) in [5, 5.41) is 17.1. The molecule has 34 heavy (non-hydrogen) atoms. The molecule has 0 saturated carbocycles. The molecule has 0 aliphatic carbocycles. The third-order valence-corrected chi connectivity index (χ3v) is 5.71. The molecule has 0 atom stereocenters. The van der Waals surface area contributed by atoms with Gasteiger partial charge in [0.15, 0.2) is 0 Å². The van der Waals surface area contributed by atoms with Crippen LogP contribution in [0.4, 0.5) is 18.9 Å². The Morgan fingerprint density at radius 1 is 1.00 bits per heavy atom. The number of anilines is 1. The second-order valence-corrected chi connectivity index (χ2v) is 8.50. The van der Waals surface area contributed by atoms with Crippen molar-refractivity contribution in [2.45, 2.75) is 11.1 Å². The molecule has 3 aromatic rings. The average molecular weight is 494 g/mol. The summed E-state index contributed by atoms with van der Waals surface area (Å²) in [5.41, 5.74) is -2.02. The van der Waals surface area contributed by atoms with Gasteiger partial charge in [-0.2, -0.15) is 13.2 Å². The molecular formula is C22H17F3N2O6S. The molecule has 0 aromatic heterocycles. The molecule has 178 valence electrons. The SMILES string of the molecule is COc1cc(C(=O)Nc2ccc(-c3ccccc3C(F)(F)F)c(C(=O)O)c2)ccc1S(N)(=O)=O. The van der Waals surface area contributed by atoms with Crippen molar-refractivity contribution in [1.29, 1.82) is 0 Å². The molecule has 0 heterocycles. The van der Waals surface area contributed by atoms with E-state index in [0.29, 0.717) is 0 Å². The number of rotatable bonds is 6. The van der Waals surface area contributed by atoms with Crippen molar-refractivity contribution >= 4 is 27.6 Å². The number of sulfonamides is 1. The molecule has 8 nitrogen and oxygen atoms in total. The normalized spacial score (nSPS) is 11.7. The van der Waals surface area contributed by atoms with E-state index in [1.807, 2.05) is 0 Å². The maximum Gasteiger partial charge on any atom is 0.417 e. The zero-order chi connectivity index (χ0) is 25.3. The van der Waals surface area contributed by atoms with Gasteiger partial charge in [0, 0.05) is 11.3 Å². The summed E-state index contributed by atoms with van der Waals surface area (Å²) >= 11 is 0. The standard InChI is InChI=1S/C22H17F3N2O6S/c1-33-18-10-12(6-9-19(18)34(26,31)32)20(28)27-13-7-8-14(16(11-13)21(29)30)15-4-2-3-5-17(15)22(23,24)25/h2-11H,1H3,(H,27,28)(H,29,30)(H2,26,31,32). The molecule has 3 aromatic carbocycles. The molecule has 0 fully saturated rings. The van der Waals surface area contributed by atoms with Crippen molar-refractivity contribution in [3.05, 3.63) is 77.4 Å². The van der Waals surface area contributed by atoms with Crippen molar-refractivity contribution in [1.82, 2.24) is 0 Å². The number of halogens is 3. The van der Waals surface area contributed by atoms with Crippen LogP contribution in [0.3, 0.4) is 0 Å². The number of alkyl halides is 3. The maximum atomic E-state index is 13.4. The van der Waals surface area contributed by atoms with Crippen LogP contribution in [0, 0.1) is 0 Å². The largest absolute Gasteiger partial charge is 0.495 e. The molecule has 4 N–H and O–H groups in total. The Morgan fingerprint density at radius 3 is 2.26 bits per heavy atom. The highest BCUT2D eigenvalue weighted by atomic mass is 32.2. The highest BCUT2D eigenvalue weighted by Gasteiger charge is 2.34. The molecule has 12 heteroatoms. The van der Waals surface area contributed by atoms with Crippen molar-refractivity contribution in [2.24, 2.45) is 5.14 Å². The zero-order valence-corrected chi connectivity index (χ0v) is 18.2. The minimum atomic E-state index is -4.71. The fraction of sp³-hybridized carbons (Fsp3) is 0.0909. The predicted octanol–water partition coefficient (Wildman–Crippen LogP) is 3.98. The lowest BCUT2D eigenvalue weighted by Crippen LogP contribution is -2.16. The summed E-state index contributed by atoms with van der Waals surface area (Å²) in [6, 6.07) is 11.3. The third kappa shape index (κ3) is 5.18. The van der Waals surface area contributed by atoms with Crippen LogP contribution in [0.15, 0.2) is 65.6 Å². The number of carbonyl (C=O) groups excluding carboxylic acids is 1. The summed E-state index contributed by atoms with van der Waals surface area (Å²) in [5.74, 6) is -2.43. The summed E-state index contributed by atoms with van der Waals surface area (Å²) in [6.45, 7) is 0. The second-order valence-electron chi connectivity index (χ2n) is 6.97. The van der Waals surface area contributed by atoms with Crippen molar-refractivity contribution in [2.75, 3.05) is 12.4 Å². The van der Waals surface area contributed by atoms with Crippen LogP contribution in [0.1, 0.15) is 26.3 Å². The van der Waals surface area contributed by atoms with E-state index in [1.165, 1.54) is 31.4 Å². The minimum absolute atomic E-state index is 0.00914. The van der Waals surface area contributed by atoms with Gasteiger partial charge in [-0.3, -0.25) is 4.79 Å². The number of amides is 1. The molecule has 0 bridgehead atoms. The van der Waals surface area contributed by atoms with Gasteiger partial charge in [-0.25, -0.2) is 18.4 Å². The number of benzene rings is 3. The summed E-state index contributed by atoms with van der Waals surface area (Å²) < 4.78 is 68.4. The number of methoxy groups -OCH3 is 1. The summed E-state index contributed by atoms with van der Waals surface area (Å²) in [7, 11) is -2.93. The van der Waals surface area contributed by atoms with E-state index in [-0.39, 0.29) is 33.0 Å². The minimum Gasteiger partial charge on any atom is -0.495 e. The molecule has 0 saturated heterocycles. The fourth-order valence-corrected chi connectivity index (χ4v) is 3.93. The number of primary sulfonamides is 1. The van der Waals surface area contributed by atoms with Gasteiger partial charge in [-0.15, -0.1) is 0 Å². The molecule has 0 aliphatic heterocycles. The molecule has 0 radical (unpaired) electrons. The number of aromatic carboxylic acids is 1. The Bertz CT molecular complexity index is 1390. The van der Waals surface area contributed by atoms with Crippen molar-refractivity contribution < 1.29 is 41.0 Å². The topological polar surface area (TPSA) is 136 Å². The number of nitrogens with two attached hydrogens (primary N) is 1. The zero-order valence-electron chi connectivity index (χ0n) is 17.4. The predicted molar refractivity (Wildman–Crippen MR) is 116 cm³/mol. The third-order valence-electron chi connectivity index (χ3n) is 4.76. The van der Waals surface area contributed by atoms with Crippen LogP contribution >= 0.6 is 0 Å². The average Bonchev–Trinajstić information content (AvgIpc) is 2.77. The number of hydrogen-bond donors (Lipinski definition) is 3. The lowest BCUT2D eigenvalue weighted by atomic mass is 9.94. The van der Waals surface area contributed by atoms with E-state index in [4.69, 9.17) is 9.88 Å². The van der Waals surface area contributed by atoms with Gasteiger partial charge in [-0.1, -0.05) is 24.3 Å². The van der Waals surface area contributed by atoms with E-state index >= 15 is 0 Å². The van der Waals surface area contributed by atoms with E-state index in [9.17, 15) is 36.3 Å². The van der Waals surface area contributed by atoms with E-state index in [2.05, 4.69) is 5.32 Å². The van der Waals surface area contributed by atoms with Crippen molar-refractivity contribution in [3.8, 4) is 16.9 Å². The van der Waals surface area contributed by atoms with Gasteiger partial charge in [0.2, 0.25) is 10.0 Å². The molecule has 3 rings (SSSR count). The highest BCUT2D eigenvalue weighted by Crippen LogP contribution is 2.38. The summed E-state index contributed by atoms with van der Waals surface area (Å²) in [6.07, 6.45) is -4.71. The number of carboxylic acid groups (broad SMARTS) is 1. The molecule has 0 spiro atoms. The first-order valence-corrected chi connectivity index (χ1v) is 10.9. The van der Waals surface area contributed by atoms with Crippen LogP contribution in [0.25, 0.3) is 11.1 Å². The van der Waals surface area contributed by atoms with E-state index in [0.717, 1.165) is 36.4 Å². The number of nitrogens with one attached hydrogen (secondary N) is 1. The first-order valence-electron chi connectivity index (χ1n) is 9.39. The quantitative estimate of drug-likeness (QED) is 0.474. The Hall–Kier alpha value is -3.90. The van der Waals surface area contributed by atoms with Gasteiger partial charge in [0.1, 0.15) is 10.6 Å². The fourth-order valence-electron chi connectivity index (χ4n) is 3.25. The van der Waals surface area contributed by atoms with Gasteiger partial charge < -0.3 is 15.2 Å². The second kappa shape index (κ2) is 9.15. The monoisotopic (exact) mass is 494 g/mol. The highest BCUT2D eigenvalue weighted by molar-refractivity contribution is 7.89. The van der Waals surface area contributed by atoms with Crippen LogP contribution in [0.2, 0.25) is 0 Å². The first-order chi connectivity index (χ1) is 15.8. The molecule has 0 aliphatic rings. The maximum absolute atomic E-state index is 13.4. The van der Waals surface area contributed by atoms with Crippen molar-refractivity contribution in [3.63, 3.8) is 0 Å². The van der Waals surface area contributed by atoms with E-state index in [1.54, 1.807) is 0 Å². The van der Waals surface area contributed by atoms with Gasteiger partial charge in [0.05, 0.1) is 18.2 Å². The Labute approximate surface area is 191 Å². The smallest absolute Gasteiger partial charge is 0.417 e. The number of carboxylic acids is 1. The molecular weight excluding hydrogens is 477 g/mol. The van der Waals surface area contributed by atoms with Crippen LogP contribution in [-0.2, 0) is 16.2 Å². The van der Waals surface area contributed by atoms with Crippen LogP contribution in [0.5, 0.6) is 5.75 Å². The first kappa shape index (κ1) is 24.7. The van der Waals surface area contributed by atoms with E-state index < -0.39 is 39.2 Å². The Balaban J connectivity index is 1.99. The van der Waals surface area contributed by atoms with Gasteiger partial charge in [-0.05, 0) is 47.5 Å². The Kier molecular flexibility index (Phi) is 6.66. The number of hydrogen-bond acceptors (Lipinski definition) is 5. The number of ether oxygens (including phenoxy) is 1. The van der Waals surface area contributed by atoms with Gasteiger partial charge in [0.25, 0.3) is 5.91 Å². The molecule has 0 unspecified atom stereocenters. The lowest BCUT2D eigenvalue weighted by molar-refractivity contribution is -0.137. The Morgan fingerprint density at radius 2 is 1.68 bits per heavy atom. The number of carbonyl (C=O) groups is 2. The van der Waals surface area contributed by atoms with Crippen LogP contribution < -0.4 is 15.2 Å². The summed E-state index contributed by atoms with van der Waals surface area (Å²) in [4.78, 5) is 24.1. The van der Waals surface area contributed by atoms with Gasteiger partial charge >= 0.3 is 12.1 Å². The molecule has 1 amide bonds. The van der Waals surface area contributed by atoms with Crippen LogP contribution in [-0.4, -0.2) is 32.5 Å². The lowest BCUT2D eigenvalue weighted by Gasteiger charge is -2.16.